The lowest BCUT2D eigenvalue weighted by Gasteiger charge is -2.24. The van der Waals surface area contributed by atoms with Crippen LogP contribution >= 0.6 is 11.6 Å². The van der Waals surface area contributed by atoms with Crippen LogP contribution in [0.1, 0.15) is 109 Å². The lowest BCUT2D eigenvalue weighted by atomic mass is 10.1. The number of aliphatic carboxylic acids is 1. The fraction of sp³-hybridized carbons (Fsp3) is 0.412. The average molecular weight is 1030 g/mol. The summed E-state index contributed by atoms with van der Waals surface area (Å²) < 4.78 is 53.1. The zero-order valence-electron chi connectivity index (χ0n) is 41.2. The molecule has 70 heavy (non-hydrogen) atoms. The highest BCUT2D eigenvalue weighted by molar-refractivity contribution is 7.90. The van der Waals surface area contributed by atoms with Crippen LogP contribution in [0.15, 0.2) is 107 Å². The fourth-order valence-corrected chi connectivity index (χ4v) is 8.78. The summed E-state index contributed by atoms with van der Waals surface area (Å²) in [6, 6.07) is 26.7. The highest BCUT2D eigenvalue weighted by Gasteiger charge is 2.35. The molecular weight excluding hydrogens is 960 g/mol. The highest BCUT2D eigenvalue weighted by atomic mass is 35.5. The molecule has 1 heterocycles. The number of hydrogen-bond donors (Lipinski definition) is 3. The minimum atomic E-state index is -4.01. The molecule has 0 radical (unpaired) electrons. The van der Waals surface area contributed by atoms with Gasteiger partial charge < -0.3 is 25.4 Å². The fourth-order valence-electron chi connectivity index (χ4n) is 6.84. The van der Waals surface area contributed by atoms with E-state index >= 15 is 0 Å². The van der Waals surface area contributed by atoms with Gasteiger partial charge in [-0.1, -0.05) is 111 Å². The second-order valence-corrected chi connectivity index (χ2v) is 20.6. The summed E-state index contributed by atoms with van der Waals surface area (Å²) in [6.07, 6.45) is 7.06. The summed E-state index contributed by atoms with van der Waals surface area (Å²) in [5, 5.41) is 13.0. The molecule has 6 rings (SSSR count). The predicted molar refractivity (Wildman–Crippen MR) is 269 cm³/mol. The summed E-state index contributed by atoms with van der Waals surface area (Å²) in [6.45, 7) is 10.6. The van der Waals surface area contributed by atoms with E-state index in [0.717, 1.165) is 34.5 Å². The summed E-state index contributed by atoms with van der Waals surface area (Å²) in [5.41, 5.74) is 4.87. The van der Waals surface area contributed by atoms with Gasteiger partial charge in [0.1, 0.15) is 12.6 Å². The number of ether oxygens (including phenoxy) is 1. The van der Waals surface area contributed by atoms with Crippen molar-refractivity contribution in [1.29, 1.82) is 0 Å². The van der Waals surface area contributed by atoms with E-state index in [-0.39, 0.29) is 45.1 Å². The summed E-state index contributed by atoms with van der Waals surface area (Å²) >= 11 is 5.19. The molecule has 3 amide bonds. The first-order chi connectivity index (χ1) is 33.1. The normalized spacial score (nSPS) is 14.1. The molecule has 1 aliphatic carbocycles. The van der Waals surface area contributed by atoms with Crippen molar-refractivity contribution in [3.05, 3.63) is 130 Å². The molecular formula is C51H67ClN4O12S2. The Labute approximate surface area is 418 Å². The molecule has 2 fully saturated rings. The predicted octanol–water partition coefficient (Wildman–Crippen LogP) is 7.49. The van der Waals surface area contributed by atoms with Gasteiger partial charge in [-0.15, -0.1) is 0 Å². The van der Waals surface area contributed by atoms with Crippen molar-refractivity contribution in [2.24, 2.45) is 5.92 Å². The quantitative estimate of drug-likeness (QED) is 0.0824. The van der Waals surface area contributed by atoms with E-state index < -0.39 is 55.5 Å². The van der Waals surface area contributed by atoms with Crippen LogP contribution in [0.3, 0.4) is 0 Å². The number of likely N-dealkylation sites (tertiary alicyclic amines) is 1. The average Bonchev–Trinajstić information content (AvgIpc) is 4.09. The lowest BCUT2D eigenvalue weighted by Crippen LogP contribution is -2.45. The zero-order valence-corrected chi connectivity index (χ0v) is 43.6. The van der Waals surface area contributed by atoms with E-state index in [0.29, 0.717) is 32.5 Å². The smallest absolute Gasteiger partial charge is 0.321 e. The molecule has 16 nitrogen and oxygen atoms in total. The summed E-state index contributed by atoms with van der Waals surface area (Å²) in [7, 11) is -4.85. The number of nitrogens with zero attached hydrogens (tertiary/aromatic N) is 2. The number of likely N-dealkylation sites (N-methyl/N-ethyl adjacent to an activating group) is 1. The van der Waals surface area contributed by atoms with Gasteiger partial charge in [0.2, 0.25) is 21.8 Å². The number of hydrogen-bond acceptors (Lipinski definition) is 11. The molecule has 0 unspecified atom stereocenters. The Morgan fingerprint density at radius 1 is 0.729 bits per heavy atom. The van der Waals surface area contributed by atoms with Crippen LogP contribution in [-0.2, 0) is 56.9 Å². The minimum Gasteiger partial charge on any atom is -0.481 e. The van der Waals surface area contributed by atoms with Gasteiger partial charge in [0.15, 0.2) is 9.84 Å². The van der Waals surface area contributed by atoms with Crippen molar-refractivity contribution in [3.8, 4) is 0 Å². The Bertz CT molecular complexity index is 2580. The molecule has 1 saturated heterocycles. The lowest BCUT2D eigenvalue weighted by molar-refractivity contribution is -0.140. The number of sulfonamides is 1. The molecule has 1 aliphatic heterocycles. The number of rotatable bonds is 14. The monoisotopic (exact) mass is 1030 g/mol. The van der Waals surface area contributed by atoms with Crippen molar-refractivity contribution >= 4 is 66.4 Å². The van der Waals surface area contributed by atoms with E-state index in [1.165, 1.54) is 91.6 Å². The molecule has 0 bridgehead atoms. The van der Waals surface area contributed by atoms with Crippen LogP contribution in [0.2, 0.25) is 0 Å². The molecule has 3 N–H and O–H groups in total. The van der Waals surface area contributed by atoms with Gasteiger partial charge in [-0.2, -0.15) is 4.31 Å². The number of benzene rings is 4. The Balaban J connectivity index is 0.000000383. The molecule has 4 aromatic carbocycles. The number of halogens is 1. The molecule has 1 saturated carbocycles. The van der Waals surface area contributed by atoms with Crippen molar-refractivity contribution in [2.75, 3.05) is 33.5 Å². The van der Waals surface area contributed by atoms with Crippen molar-refractivity contribution in [2.45, 2.75) is 108 Å². The number of carbonyl (C=O) groups excluding carboxylic acids is 5. The van der Waals surface area contributed by atoms with Crippen LogP contribution in [0, 0.1) is 19.8 Å². The van der Waals surface area contributed by atoms with Crippen LogP contribution in [0.4, 0.5) is 0 Å². The van der Waals surface area contributed by atoms with E-state index in [9.17, 15) is 45.6 Å². The number of sulfone groups is 1. The van der Waals surface area contributed by atoms with Gasteiger partial charge in [0.25, 0.3) is 11.1 Å². The molecule has 1 atom stereocenters. The second-order valence-electron chi connectivity index (χ2n) is 16.2. The number of methoxy groups -OCH3 is 1. The third-order valence-corrected chi connectivity index (χ3v) is 14.0. The zero-order chi connectivity index (χ0) is 52.6. The first-order valence-corrected chi connectivity index (χ1v) is 26.6. The number of carboxylic acids is 1. The van der Waals surface area contributed by atoms with Crippen LogP contribution in [-0.4, -0.2) is 106 Å². The molecule has 0 spiro atoms. The Kier molecular flexibility index (Phi) is 25.7. The standard InChI is InChI=1S/C24H29N3O6S.C14H19NO.C8H7ClO3S.C3H6O2.C2H6/c1-17-9-11-18(12-10-17)15-25-23(29)21-8-5-13-27(21)24(30)19-6-4-7-20(14-19)34(31,32)26(2)16-22(28)33-3;1-11-6-8-12(9-7-11)10-15-14(16)13-4-2-3-5-13;1-13(11,12)7-4-2-3-6(5-7)8(9)10;1-2-3(4)5;1-2/h4,6-7,9-12,14,21H,5,8,13,15-16H2,1-3H3,(H,25,29);6-9,13H,2-5,10H2,1H3,(H,15,16);2-5H,1H3;2H2,1H3,(H,4,5);1-2H3/t21-;;;;/m1..../s1. The summed E-state index contributed by atoms with van der Waals surface area (Å²) in [4.78, 5) is 70.8. The number of esters is 1. The van der Waals surface area contributed by atoms with Crippen LogP contribution in [0.25, 0.3) is 0 Å². The largest absolute Gasteiger partial charge is 0.481 e. The number of nitrogens with one attached hydrogen (secondary N) is 2. The first kappa shape index (κ1) is 60.2. The Morgan fingerprint density at radius 2 is 1.20 bits per heavy atom. The number of carbonyl (C=O) groups is 6. The number of carboxylic acid groups (broad SMARTS) is 1. The van der Waals surface area contributed by atoms with E-state index in [1.54, 1.807) is 6.92 Å². The Hall–Kier alpha value is -5.95. The van der Waals surface area contributed by atoms with Gasteiger partial charge in [-0.3, -0.25) is 28.8 Å². The van der Waals surface area contributed by atoms with E-state index in [2.05, 4.69) is 46.6 Å². The highest BCUT2D eigenvalue weighted by Crippen LogP contribution is 2.25. The maximum Gasteiger partial charge on any atom is 0.321 e. The van der Waals surface area contributed by atoms with Gasteiger partial charge in [0, 0.05) is 56.4 Å². The SMILES string of the molecule is CC.CCC(=O)O.COC(=O)CN(C)S(=O)(=O)c1cccc(C(=O)N2CCC[C@@H]2C(=O)NCc2ccc(C)cc2)c1.CS(=O)(=O)c1cccc(C(=O)Cl)c1.Cc1ccc(CNC(=O)C2CCCC2)cc1. The number of aryl methyl sites for hydroxylation is 2. The van der Waals surface area contributed by atoms with Crippen molar-refractivity contribution in [1.82, 2.24) is 19.8 Å². The number of amides is 3. The maximum atomic E-state index is 13.2. The van der Waals surface area contributed by atoms with Crippen LogP contribution < -0.4 is 10.6 Å². The van der Waals surface area contributed by atoms with E-state index in [4.69, 9.17) is 16.7 Å². The van der Waals surface area contributed by atoms with E-state index in [1.807, 2.05) is 45.0 Å². The minimum absolute atomic E-state index is 0.0963. The molecule has 19 heteroatoms. The second kappa shape index (κ2) is 29.9. The molecule has 0 aromatic heterocycles. The first-order valence-electron chi connectivity index (χ1n) is 22.9. The molecule has 4 aromatic rings. The summed E-state index contributed by atoms with van der Waals surface area (Å²) in [5.74, 6) is -1.60. The molecule has 2 aliphatic rings. The van der Waals surface area contributed by atoms with Crippen molar-refractivity contribution in [3.63, 3.8) is 0 Å². The van der Waals surface area contributed by atoms with Crippen molar-refractivity contribution < 1.29 is 55.4 Å². The maximum absolute atomic E-state index is 13.2. The Morgan fingerprint density at radius 3 is 1.67 bits per heavy atom. The van der Waals surface area contributed by atoms with Gasteiger partial charge in [-0.05, 0) is 92.6 Å². The van der Waals surface area contributed by atoms with Crippen LogP contribution in [0.5, 0.6) is 0 Å². The topological polar surface area (TPSA) is 231 Å². The van der Waals surface area contributed by atoms with Gasteiger partial charge in [-0.25, -0.2) is 16.8 Å². The third kappa shape index (κ3) is 20.2. The molecule has 382 valence electrons. The third-order valence-electron chi connectivity index (χ3n) is 10.9. The van der Waals surface area contributed by atoms with Gasteiger partial charge in [0.05, 0.1) is 16.9 Å². The van der Waals surface area contributed by atoms with Gasteiger partial charge >= 0.3 is 11.9 Å².